The van der Waals surface area contributed by atoms with Crippen molar-refractivity contribution in [3.8, 4) is 0 Å². The standard InChI is InChI=1S/C12H15NS/c1-9(2)12(3)8-14-11-7-5-4-6-10(11)13-12/h4-7,13H,1,8H2,2-3H3. The molecule has 1 N–H and O–H groups in total. The van der Waals surface area contributed by atoms with Crippen LogP contribution in [-0.4, -0.2) is 11.3 Å². The Morgan fingerprint density at radius 3 is 2.93 bits per heavy atom. The first-order valence-electron chi connectivity index (χ1n) is 4.78. The van der Waals surface area contributed by atoms with Crippen molar-refractivity contribution in [2.24, 2.45) is 0 Å². The van der Waals surface area contributed by atoms with Crippen LogP contribution >= 0.6 is 11.8 Å². The summed E-state index contributed by atoms with van der Waals surface area (Å²) in [7, 11) is 0. The largest absolute Gasteiger partial charge is 0.374 e. The van der Waals surface area contributed by atoms with Crippen LogP contribution in [0.4, 0.5) is 5.69 Å². The van der Waals surface area contributed by atoms with Crippen LogP contribution in [0.1, 0.15) is 13.8 Å². The molecular weight excluding hydrogens is 190 g/mol. The van der Waals surface area contributed by atoms with Crippen molar-refractivity contribution >= 4 is 17.4 Å². The maximum atomic E-state index is 4.05. The van der Waals surface area contributed by atoms with Gasteiger partial charge in [0, 0.05) is 16.3 Å². The summed E-state index contributed by atoms with van der Waals surface area (Å²) in [6.45, 7) is 8.34. The minimum Gasteiger partial charge on any atom is -0.374 e. The van der Waals surface area contributed by atoms with E-state index >= 15 is 0 Å². The number of para-hydroxylation sites is 1. The molecule has 0 amide bonds. The third-order valence-electron chi connectivity index (χ3n) is 2.76. The van der Waals surface area contributed by atoms with Gasteiger partial charge in [-0.05, 0) is 26.0 Å². The lowest BCUT2D eigenvalue weighted by Crippen LogP contribution is -2.40. The molecule has 1 nitrogen and oxygen atoms in total. The van der Waals surface area contributed by atoms with Gasteiger partial charge in [0.15, 0.2) is 0 Å². The molecule has 2 heteroatoms. The molecular formula is C12H15NS. The molecule has 1 heterocycles. The van der Waals surface area contributed by atoms with Crippen molar-refractivity contribution in [3.63, 3.8) is 0 Å². The molecule has 1 unspecified atom stereocenters. The molecule has 0 saturated heterocycles. The average Bonchev–Trinajstić information content (AvgIpc) is 2.17. The van der Waals surface area contributed by atoms with Gasteiger partial charge in [-0.25, -0.2) is 0 Å². The molecule has 1 aliphatic heterocycles. The first kappa shape index (κ1) is 9.66. The summed E-state index contributed by atoms with van der Waals surface area (Å²) in [6.07, 6.45) is 0. The summed E-state index contributed by atoms with van der Waals surface area (Å²) in [5.41, 5.74) is 2.47. The smallest absolute Gasteiger partial charge is 0.0646 e. The molecule has 0 aromatic heterocycles. The van der Waals surface area contributed by atoms with E-state index in [1.165, 1.54) is 16.2 Å². The van der Waals surface area contributed by atoms with Crippen LogP contribution in [0.5, 0.6) is 0 Å². The maximum absolute atomic E-state index is 4.05. The van der Waals surface area contributed by atoms with Gasteiger partial charge in [0.25, 0.3) is 0 Å². The summed E-state index contributed by atoms with van der Waals surface area (Å²) in [5.74, 6) is 1.05. The number of fused-ring (bicyclic) bond motifs is 1. The average molecular weight is 205 g/mol. The second-order valence-electron chi connectivity index (χ2n) is 4.02. The normalized spacial score (nSPS) is 25.0. The van der Waals surface area contributed by atoms with Gasteiger partial charge < -0.3 is 5.32 Å². The van der Waals surface area contributed by atoms with Crippen molar-refractivity contribution in [2.75, 3.05) is 11.1 Å². The van der Waals surface area contributed by atoms with Gasteiger partial charge in [-0.3, -0.25) is 0 Å². The Kier molecular flexibility index (Phi) is 2.31. The van der Waals surface area contributed by atoms with Crippen molar-refractivity contribution in [2.45, 2.75) is 24.3 Å². The van der Waals surface area contributed by atoms with Crippen LogP contribution in [0.3, 0.4) is 0 Å². The van der Waals surface area contributed by atoms with E-state index < -0.39 is 0 Å². The monoisotopic (exact) mass is 205 g/mol. The zero-order valence-corrected chi connectivity index (χ0v) is 9.45. The minimum absolute atomic E-state index is 0.0407. The summed E-state index contributed by atoms with van der Waals surface area (Å²) in [5, 5.41) is 3.55. The Balaban J connectivity index is 2.34. The van der Waals surface area contributed by atoms with Gasteiger partial charge >= 0.3 is 0 Å². The summed E-state index contributed by atoms with van der Waals surface area (Å²) in [4.78, 5) is 1.34. The molecule has 0 saturated carbocycles. The molecule has 0 spiro atoms. The second kappa shape index (κ2) is 3.35. The fourth-order valence-electron chi connectivity index (χ4n) is 1.48. The van der Waals surface area contributed by atoms with E-state index in [-0.39, 0.29) is 5.54 Å². The third kappa shape index (κ3) is 1.55. The molecule has 1 aliphatic rings. The lowest BCUT2D eigenvalue weighted by molar-refractivity contribution is 0.671. The first-order valence-corrected chi connectivity index (χ1v) is 5.76. The van der Waals surface area contributed by atoms with Crippen molar-refractivity contribution < 1.29 is 0 Å². The van der Waals surface area contributed by atoms with Crippen molar-refractivity contribution in [1.29, 1.82) is 0 Å². The van der Waals surface area contributed by atoms with Gasteiger partial charge in [-0.2, -0.15) is 0 Å². The Labute approximate surface area is 89.6 Å². The first-order chi connectivity index (χ1) is 6.62. The Morgan fingerprint density at radius 1 is 1.50 bits per heavy atom. The highest BCUT2D eigenvalue weighted by Crippen LogP contribution is 2.39. The van der Waals surface area contributed by atoms with Crippen LogP contribution in [-0.2, 0) is 0 Å². The zero-order valence-electron chi connectivity index (χ0n) is 8.63. The Hall–Kier alpha value is -0.890. The van der Waals surface area contributed by atoms with Gasteiger partial charge in [-0.1, -0.05) is 24.3 Å². The van der Waals surface area contributed by atoms with Crippen LogP contribution < -0.4 is 5.32 Å². The number of benzene rings is 1. The highest BCUT2D eigenvalue weighted by atomic mass is 32.2. The number of nitrogens with one attached hydrogen (secondary N) is 1. The number of anilines is 1. The molecule has 0 fully saturated rings. The van der Waals surface area contributed by atoms with Crippen LogP contribution in [0.25, 0.3) is 0 Å². The lowest BCUT2D eigenvalue weighted by Gasteiger charge is -2.37. The maximum Gasteiger partial charge on any atom is 0.0646 e. The summed E-state index contributed by atoms with van der Waals surface area (Å²) in [6, 6.07) is 8.43. The van der Waals surface area contributed by atoms with E-state index in [2.05, 4.69) is 50.0 Å². The van der Waals surface area contributed by atoms with Crippen LogP contribution in [0.15, 0.2) is 41.3 Å². The highest BCUT2D eigenvalue weighted by molar-refractivity contribution is 7.99. The van der Waals surface area contributed by atoms with Crippen LogP contribution in [0, 0.1) is 0 Å². The van der Waals surface area contributed by atoms with Crippen LogP contribution in [0.2, 0.25) is 0 Å². The topological polar surface area (TPSA) is 12.0 Å². The second-order valence-corrected chi connectivity index (χ2v) is 5.04. The predicted molar refractivity (Wildman–Crippen MR) is 64.0 cm³/mol. The van der Waals surface area contributed by atoms with Gasteiger partial charge in [0.05, 0.1) is 5.54 Å². The van der Waals surface area contributed by atoms with E-state index in [9.17, 15) is 0 Å². The minimum atomic E-state index is 0.0407. The van der Waals surface area contributed by atoms with E-state index in [0.717, 1.165) is 5.75 Å². The fraction of sp³-hybridized carbons (Fsp3) is 0.333. The molecule has 1 aromatic carbocycles. The van der Waals surface area contributed by atoms with E-state index in [1.807, 2.05) is 11.8 Å². The molecule has 0 radical (unpaired) electrons. The van der Waals surface area contributed by atoms with Crippen molar-refractivity contribution in [3.05, 3.63) is 36.4 Å². The number of hydrogen-bond acceptors (Lipinski definition) is 2. The zero-order chi connectivity index (χ0) is 10.2. The number of thioether (sulfide) groups is 1. The quantitative estimate of drug-likeness (QED) is 0.704. The highest BCUT2D eigenvalue weighted by Gasteiger charge is 2.29. The Morgan fingerprint density at radius 2 is 2.21 bits per heavy atom. The van der Waals surface area contributed by atoms with Gasteiger partial charge in [0.1, 0.15) is 0 Å². The summed E-state index contributed by atoms with van der Waals surface area (Å²) >= 11 is 1.90. The van der Waals surface area contributed by atoms with E-state index in [4.69, 9.17) is 0 Å². The predicted octanol–water partition coefficient (Wildman–Crippen LogP) is 3.54. The summed E-state index contributed by atoms with van der Waals surface area (Å²) < 4.78 is 0. The van der Waals surface area contributed by atoms with E-state index in [1.54, 1.807) is 0 Å². The van der Waals surface area contributed by atoms with Crippen molar-refractivity contribution in [1.82, 2.24) is 0 Å². The van der Waals surface area contributed by atoms with Gasteiger partial charge in [0.2, 0.25) is 0 Å². The third-order valence-corrected chi connectivity index (χ3v) is 4.14. The lowest BCUT2D eigenvalue weighted by atomic mass is 9.96. The molecule has 14 heavy (non-hydrogen) atoms. The molecule has 1 aromatic rings. The molecule has 74 valence electrons. The van der Waals surface area contributed by atoms with Gasteiger partial charge in [-0.15, -0.1) is 11.8 Å². The SMILES string of the molecule is C=C(C)C1(C)CSc2ccccc2N1. The molecule has 0 aliphatic carbocycles. The fourth-order valence-corrected chi connectivity index (χ4v) is 2.69. The molecule has 2 rings (SSSR count). The molecule has 1 atom stereocenters. The number of hydrogen-bond donors (Lipinski definition) is 1. The molecule has 0 bridgehead atoms. The Bertz CT molecular complexity index is 372. The number of rotatable bonds is 1. The van der Waals surface area contributed by atoms with E-state index in [0.29, 0.717) is 0 Å².